The predicted octanol–water partition coefficient (Wildman–Crippen LogP) is -6.80. The molecule has 0 aliphatic carbocycles. The van der Waals surface area contributed by atoms with Gasteiger partial charge in [0.25, 0.3) is 0 Å². The van der Waals surface area contributed by atoms with Crippen LogP contribution in [0.5, 0.6) is 0 Å². The summed E-state index contributed by atoms with van der Waals surface area (Å²) in [5, 5.41) is 16.5. The summed E-state index contributed by atoms with van der Waals surface area (Å²) in [6.07, 6.45) is 0. The zero-order valence-electron chi connectivity index (χ0n) is 4.23. The van der Waals surface area contributed by atoms with Crippen molar-refractivity contribution in [3.05, 3.63) is 0 Å². The Labute approximate surface area is 74.6 Å². The summed E-state index contributed by atoms with van der Waals surface area (Å²) in [4.78, 5) is 16.5. The molecule has 0 aliphatic rings. The van der Waals surface area contributed by atoms with Crippen LogP contribution in [-0.2, 0) is 9.59 Å². The minimum Gasteiger partial charge on any atom is -0.554 e. The summed E-state index contributed by atoms with van der Waals surface area (Å²) >= 11 is 0. The summed E-state index contributed by atoms with van der Waals surface area (Å²) in [6, 6.07) is 0. The van der Waals surface area contributed by atoms with Gasteiger partial charge < -0.3 is 19.8 Å². The third kappa shape index (κ3) is 3220. The van der Waals surface area contributed by atoms with Crippen molar-refractivity contribution in [3.63, 3.8) is 0 Å². The first-order chi connectivity index (χ1) is 2.83. The van der Waals surface area contributed by atoms with Crippen molar-refractivity contribution >= 4 is 12.9 Å². The van der Waals surface area contributed by atoms with Gasteiger partial charge in [0.2, 0.25) is 0 Å². The molecule has 0 spiro atoms. The summed E-state index contributed by atoms with van der Waals surface area (Å²) in [5.74, 6) is 0. The van der Waals surface area contributed by atoms with E-state index in [2.05, 4.69) is 0 Å². The molecule has 0 N–H and O–H groups in total. The van der Waals surface area contributed by atoms with Gasteiger partial charge in [-0.15, -0.1) is 0 Å². The maximum atomic E-state index is 8.25. The molecule has 0 atom stereocenters. The van der Waals surface area contributed by atoms with E-state index < -0.39 is 12.9 Å². The van der Waals surface area contributed by atoms with Gasteiger partial charge in [0.05, 0.1) is 12.4 Å². The molecule has 0 saturated heterocycles. The summed E-state index contributed by atoms with van der Waals surface area (Å²) in [5.41, 5.74) is 0. The number of halogens is 1. The zero-order valence-corrected chi connectivity index (χ0v) is 7.13. The van der Waals surface area contributed by atoms with Crippen LogP contribution in [-0.4, -0.2) is 12.9 Å². The maximum absolute atomic E-state index is 8.25. The Morgan fingerprint density at radius 2 is 1.00 bits per heavy atom. The van der Waals surface area contributed by atoms with Gasteiger partial charge in [-0.2, -0.15) is 0 Å². The van der Waals surface area contributed by atoms with E-state index in [4.69, 9.17) is 19.8 Å². The first-order valence-electron chi connectivity index (χ1n) is 0.943. The Morgan fingerprint density at radius 1 is 1.00 bits per heavy atom. The summed E-state index contributed by atoms with van der Waals surface area (Å²) in [6.45, 7) is -1.00. The second-order valence-corrected chi connectivity index (χ2v) is 0.192. The van der Waals surface area contributed by atoms with Gasteiger partial charge in [-0.25, -0.2) is 0 Å². The normalized spacial score (nSPS) is 3.00. The summed E-state index contributed by atoms with van der Waals surface area (Å²) < 4.78 is 0. The fraction of sp³-hybridized carbons (Fsp3) is 0. The van der Waals surface area contributed by atoms with Crippen LogP contribution < -0.4 is 39.8 Å². The molecule has 0 fully saturated rings. The van der Waals surface area contributed by atoms with Gasteiger partial charge in [0.1, 0.15) is 0 Å². The molecule has 6 heteroatoms. The fourth-order valence-corrected chi connectivity index (χ4v) is 0. The smallest absolute Gasteiger partial charge is 0.554 e. The van der Waals surface area contributed by atoms with Gasteiger partial charge in [0.15, 0.2) is 0 Å². The van der Waals surface area contributed by atoms with E-state index in [1.165, 1.54) is 0 Å². The molecule has 44 valence electrons. The number of rotatable bonds is 0. The molecule has 0 rings (SSSR count). The Balaban J connectivity index is -0.0000000160. The van der Waals surface area contributed by atoms with Crippen molar-refractivity contribution in [2.45, 2.75) is 0 Å². The van der Waals surface area contributed by atoms with E-state index in [-0.39, 0.29) is 42.0 Å². The van der Waals surface area contributed by atoms with Gasteiger partial charge in [-0.3, -0.25) is 0 Å². The molecular formula is C2H4ClNaO4. The van der Waals surface area contributed by atoms with Crippen molar-refractivity contribution in [2.24, 2.45) is 0 Å². The molecule has 0 aliphatic heterocycles. The quantitative estimate of drug-likeness (QED) is 0.254. The molecule has 4 nitrogen and oxygen atoms in total. The second kappa shape index (κ2) is 56.4. The Bertz CT molecular complexity index is 35.0. The third-order valence-corrected chi connectivity index (χ3v) is 0. The number of hydrogen-bond donors (Lipinski definition) is 0. The zero-order chi connectivity index (χ0) is 5.41. The molecule has 0 saturated carbocycles. The Hall–Kier alpha value is 0.230. The van der Waals surface area contributed by atoms with Gasteiger partial charge in [-0.05, 0) is 0 Å². The molecule has 0 aromatic heterocycles. The van der Waals surface area contributed by atoms with Crippen LogP contribution in [0.25, 0.3) is 0 Å². The number of hydrogen-bond acceptors (Lipinski definition) is 4. The molecule has 0 amide bonds. The van der Waals surface area contributed by atoms with Crippen LogP contribution >= 0.6 is 0 Å². The topological polar surface area (TPSA) is 80.3 Å². The number of carbonyl (C=O) groups excluding carboxylic acids is 2. The molecular weight excluding hydrogens is 146 g/mol. The molecule has 0 aromatic rings. The molecule has 0 unspecified atom stereocenters. The van der Waals surface area contributed by atoms with Gasteiger partial charge in [0, 0.05) is 12.9 Å². The van der Waals surface area contributed by atoms with Crippen LogP contribution in [0.15, 0.2) is 0 Å². The standard InChI is InChI=1S/2CH2O2.ClH2.Na/c2*2-1-3;;/h2*1H,(H,2,3);1H2;/q;;2*+1/p-2. The molecule has 0 aromatic carbocycles. The number of carbonyl (C=O) groups is 2. The Morgan fingerprint density at radius 3 is 1.00 bits per heavy atom. The monoisotopic (exact) mass is 150 g/mol. The molecule has 0 bridgehead atoms. The first-order valence-corrected chi connectivity index (χ1v) is 0.943. The van der Waals surface area contributed by atoms with E-state index in [9.17, 15) is 0 Å². The van der Waals surface area contributed by atoms with Crippen LogP contribution in [0.3, 0.4) is 0 Å². The maximum Gasteiger partial charge on any atom is 1.00 e. The second-order valence-electron chi connectivity index (χ2n) is 0.192. The van der Waals surface area contributed by atoms with E-state index >= 15 is 0 Å². The van der Waals surface area contributed by atoms with Gasteiger partial charge in [-0.1, -0.05) is 0 Å². The van der Waals surface area contributed by atoms with E-state index in [0.717, 1.165) is 0 Å². The summed E-state index contributed by atoms with van der Waals surface area (Å²) in [7, 11) is 0. The van der Waals surface area contributed by atoms with E-state index in [0.29, 0.717) is 0 Å². The van der Waals surface area contributed by atoms with Crippen LogP contribution in [0.1, 0.15) is 0 Å². The molecule has 8 heavy (non-hydrogen) atoms. The van der Waals surface area contributed by atoms with Crippen molar-refractivity contribution in [2.75, 3.05) is 0 Å². The van der Waals surface area contributed by atoms with Crippen molar-refractivity contribution in [3.8, 4) is 0 Å². The fourth-order valence-electron chi connectivity index (χ4n) is 0. The van der Waals surface area contributed by atoms with Crippen molar-refractivity contribution in [1.29, 1.82) is 0 Å². The van der Waals surface area contributed by atoms with E-state index in [1.54, 1.807) is 0 Å². The SMILES string of the molecule is O=C[O-].O=C[O-].[ClH2+].[Na+]. The first kappa shape index (κ1) is 24.0. The Kier molecular flexibility index (Phi) is 170. The predicted molar refractivity (Wildman–Crippen MR) is 14.9 cm³/mol. The minimum atomic E-state index is -0.500. The largest absolute Gasteiger partial charge is 1.00 e. The van der Waals surface area contributed by atoms with Crippen LogP contribution in [0.2, 0.25) is 0 Å². The van der Waals surface area contributed by atoms with Crippen LogP contribution in [0, 0.1) is 12.4 Å². The van der Waals surface area contributed by atoms with Crippen LogP contribution in [0.4, 0.5) is 0 Å². The third-order valence-electron chi connectivity index (χ3n) is 0. The molecule has 0 heterocycles. The minimum absolute atomic E-state index is 0. The van der Waals surface area contributed by atoms with E-state index in [1.807, 2.05) is 0 Å². The average Bonchev–Trinajstić information content (AvgIpc) is 1.39. The van der Waals surface area contributed by atoms with Crippen molar-refractivity contribution < 1.29 is 61.8 Å². The number of carboxylic acid groups (broad SMARTS) is 2. The molecule has 0 radical (unpaired) electrons. The van der Waals surface area contributed by atoms with Crippen molar-refractivity contribution in [1.82, 2.24) is 0 Å². The average molecular weight is 150 g/mol. The van der Waals surface area contributed by atoms with Gasteiger partial charge >= 0.3 is 29.6 Å².